The Kier molecular flexibility index (Phi) is 10.6. The molecule has 0 saturated carbocycles. The highest BCUT2D eigenvalue weighted by Gasteiger charge is 2.30. The molecule has 9 N–H and O–H groups in total. The Balaban J connectivity index is 5.12. The summed E-state index contributed by atoms with van der Waals surface area (Å²) in [6.45, 7) is 1.17. The van der Waals surface area contributed by atoms with Crippen LogP contribution in [0.1, 0.15) is 19.8 Å². The average molecular weight is 421 g/mol. The maximum Gasteiger partial charge on any atom is 0.325 e. The van der Waals surface area contributed by atoms with Gasteiger partial charge in [-0.2, -0.15) is 12.6 Å². The smallest absolute Gasteiger partial charge is 0.325 e. The second kappa shape index (κ2) is 11.8. The fourth-order valence-electron chi connectivity index (χ4n) is 1.81. The third kappa shape index (κ3) is 9.18. The predicted molar refractivity (Wildman–Crippen MR) is 97.0 cm³/mol. The first-order valence-corrected chi connectivity index (χ1v) is 8.52. The lowest BCUT2D eigenvalue weighted by Crippen LogP contribution is -2.58. The Hall–Kier alpha value is -2.87. The number of rotatable bonds is 12. The van der Waals surface area contributed by atoms with Gasteiger partial charge in [-0.1, -0.05) is 0 Å². The molecule has 0 rings (SSSR count). The van der Waals surface area contributed by atoms with Gasteiger partial charge in [-0.15, -0.1) is 0 Å². The maximum atomic E-state index is 12.3. The number of hydrogen-bond acceptors (Lipinski definition) is 8. The van der Waals surface area contributed by atoms with Crippen LogP contribution in [-0.2, 0) is 28.8 Å². The molecule has 4 unspecified atom stereocenters. The third-order valence-corrected chi connectivity index (χ3v) is 3.68. The number of thiol groups is 1. The van der Waals surface area contributed by atoms with Crippen molar-refractivity contribution in [1.29, 1.82) is 0 Å². The van der Waals surface area contributed by atoms with Crippen LogP contribution < -0.4 is 27.4 Å². The summed E-state index contributed by atoms with van der Waals surface area (Å²) in [7, 11) is 0. The van der Waals surface area contributed by atoms with Gasteiger partial charge in [-0.05, 0) is 6.92 Å². The van der Waals surface area contributed by atoms with E-state index in [-0.39, 0.29) is 5.75 Å². The van der Waals surface area contributed by atoms with Crippen LogP contribution in [0.15, 0.2) is 0 Å². The van der Waals surface area contributed by atoms with Crippen molar-refractivity contribution >= 4 is 48.2 Å². The Morgan fingerprint density at radius 2 is 1.39 bits per heavy atom. The van der Waals surface area contributed by atoms with E-state index in [4.69, 9.17) is 21.7 Å². The summed E-state index contributed by atoms with van der Waals surface area (Å²) >= 11 is 3.89. The van der Waals surface area contributed by atoms with E-state index in [1.807, 2.05) is 0 Å². The third-order valence-electron chi connectivity index (χ3n) is 3.31. The van der Waals surface area contributed by atoms with Gasteiger partial charge in [-0.25, -0.2) is 0 Å². The van der Waals surface area contributed by atoms with Gasteiger partial charge in [0.15, 0.2) is 0 Å². The normalized spacial score (nSPS) is 14.7. The van der Waals surface area contributed by atoms with E-state index >= 15 is 0 Å². The van der Waals surface area contributed by atoms with E-state index in [2.05, 4.69) is 28.6 Å². The molecule has 28 heavy (non-hydrogen) atoms. The quantitative estimate of drug-likeness (QED) is 0.144. The highest BCUT2D eigenvalue weighted by atomic mass is 32.1. The predicted octanol–water partition coefficient (Wildman–Crippen LogP) is -3.85. The van der Waals surface area contributed by atoms with E-state index in [9.17, 15) is 28.8 Å². The van der Waals surface area contributed by atoms with Crippen molar-refractivity contribution in [3.05, 3.63) is 0 Å². The maximum absolute atomic E-state index is 12.3. The molecular formula is C14H23N5O8S. The molecule has 0 fully saturated rings. The number of carboxylic acid groups (broad SMARTS) is 2. The zero-order valence-corrected chi connectivity index (χ0v) is 15.8. The number of aliphatic carboxylic acids is 2. The molecule has 14 heteroatoms. The first-order valence-electron chi connectivity index (χ1n) is 7.89. The zero-order chi connectivity index (χ0) is 22.0. The van der Waals surface area contributed by atoms with Crippen molar-refractivity contribution in [2.75, 3.05) is 5.75 Å². The van der Waals surface area contributed by atoms with E-state index in [1.165, 1.54) is 6.92 Å². The number of nitrogens with two attached hydrogens (primary N) is 2. The molecule has 4 atom stereocenters. The topological polar surface area (TPSA) is 231 Å². The molecule has 0 heterocycles. The minimum absolute atomic E-state index is 0.242. The monoisotopic (exact) mass is 421 g/mol. The van der Waals surface area contributed by atoms with Crippen molar-refractivity contribution in [3.63, 3.8) is 0 Å². The molecule has 0 bridgehead atoms. The van der Waals surface area contributed by atoms with Gasteiger partial charge in [0.2, 0.25) is 23.6 Å². The molecule has 4 amide bonds. The van der Waals surface area contributed by atoms with Crippen LogP contribution in [0.4, 0.5) is 0 Å². The van der Waals surface area contributed by atoms with Gasteiger partial charge in [0, 0.05) is 5.75 Å². The number of carbonyl (C=O) groups excluding carboxylic acids is 4. The Morgan fingerprint density at radius 1 is 0.893 bits per heavy atom. The second-order valence-corrected chi connectivity index (χ2v) is 6.11. The number of carbonyl (C=O) groups is 6. The van der Waals surface area contributed by atoms with Crippen molar-refractivity contribution < 1.29 is 39.0 Å². The van der Waals surface area contributed by atoms with E-state index in [0.717, 1.165) is 0 Å². The lowest BCUT2D eigenvalue weighted by molar-refractivity contribution is -0.142. The number of hydrogen-bond donors (Lipinski definition) is 8. The Bertz CT molecular complexity index is 643. The summed E-state index contributed by atoms with van der Waals surface area (Å²) in [5.74, 6) is -6.70. The minimum Gasteiger partial charge on any atom is -0.481 e. The second-order valence-electron chi connectivity index (χ2n) is 5.75. The fourth-order valence-corrected chi connectivity index (χ4v) is 2.07. The highest BCUT2D eigenvalue weighted by molar-refractivity contribution is 7.80. The van der Waals surface area contributed by atoms with Crippen LogP contribution in [0.25, 0.3) is 0 Å². The Morgan fingerprint density at radius 3 is 1.82 bits per heavy atom. The van der Waals surface area contributed by atoms with E-state index in [0.29, 0.717) is 0 Å². The summed E-state index contributed by atoms with van der Waals surface area (Å²) in [5, 5.41) is 23.8. The fraction of sp³-hybridized carbons (Fsp3) is 0.571. The van der Waals surface area contributed by atoms with Crippen LogP contribution in [0.3, 0.4) is 0 Å². The summed E-state index contributed by atoms with van der Waals surface area (Å²) < 4.78 is 0. The molecule has 0 aromatic carbocycles. The lowest BCUT2D eigenvalue weighted by Gasteiger charge is -2.23. The van der Waals surface area contributed by atoms with Crippen LogP contribution in [0, 0.1) is 0 Å². The molecule has 0 spiro atoms. The van der Waals surface area contributed by atoms with Crippen molar-refractivity contribution in [2.45, 2.75) is 43.9 Å². The summed E-state index contributed by atoms with van der Waals surface area (Å²) in [5.41, 5.74) is 10.4. The number of nitrogens with one attached hydrogen (secondary N) is 3. The number of primary amides is 1. The average Bonchev–Trinajstić information content (AvgIpc) is 2.57. The van der Waals surface area contributed by atoms with Gasteiger partial charge in [-0.3, -0.25) is 28.8 Å². The highest BCUT2D eigenvalue weighted by Crippen LogP contribution is 1.99. The minimum atomic E-state index is -1.50. The molecule has 13 nitrogen and oxygen atoms in total. The van der Waals surface area contributed by atoms with Gasteiger partial charge >= 0.3 is 11.9 Å². The standard InChI is InChI=1S/C14H23N5O8S/c1-5(14(26)27)17-12(24)7(3-9(16)20)18-13(25)8(4-28)19-11(23)6(15)2-10(21)22/h5-8,28H,2-4,15H2,1H3,(H2,16,20)(H,17,24)(H,18,25)(H,19,23)(H,21,22)(H,26,27). The van der Waals surface area contributed by atoms with Gasteiger partial charge < -0.3 is 37.6 Å². The van der Waals surface area contributed by atoms with E-state index < -0.39 is 72.6 Å². The van der Waals surface area contributed by atoms with Crippen LogP contribution in [0.2, 0.25) is 0 Å². The summed E-state index contributed by atoms with van der Waals surface area (Å²) in [6.07, 6.45) is -1.30. The molecule has 0 radical (unpaired) electrons. The van der Waals surface area contributed by atoms with Crippen LogP contribution in [-0.4, -0.2) is 75.7 Å². The molecule has 158 valence electrons. The first kappa shape index (κ1) is 25.1. The van der Waals surface area contributed by atoms with Crippen molar-refractivity contribution in [3.8, 4) is 0 Å². The van der Waals surface area contributed by atoms with E-state index in [1.54, 1.807) is 0 Å². The lowest BCUT2D eigenvalue weighted by atomic mass is 10.1. The van der Waals surface area contributed by atoms with Gasteiger partial charge in [0.1, 0.15) is 18.1 Å². The Labute approximate surface area is 165 Å². The molecular weight excluding hydrogens is 398 g/mol. The largest absolute Gasteiger partial charge is 0.481 e. The SMILES string of the molecule is CC(NC(=O)C(CC(N)=O)NC(=O)C(CS)NC(=O)C(N)CC(=O)O)C(=O)O. The van der Waals surface area contributed by atoms with Crippen molar-refractivity contribution in [1.82, 2.24) is 16.0 Å². The van der Waals surface area contributed by atoms with Crippen LogP contribution >= 0.6 is 12.6 Å². The van der Waals surface area contributed by atoms with Gasteiger partial charge in [0.25, 0.3) is 0 Å². The summed E-state index contributed by atoms with van der Waals surface area (Å²) in [6, 6.07) is -5.53. The molecule has 0 aromatic heterocycles. The summed E-state index contributed by atoms with van der Waals surface area (Å²) in [4.78, 5) is 68.8. The molecule has 0 aliphatic rings. The zero-order valence-electron chi connectivity index (χ0n) is 14.9. The molecule has 0 saturated heterocycles. The van der Waals surface area contributed by atoms with Crippen LogP contribution in [0.5, 0.6) is 0 Å². The molecule has 0 aliphatic heterocycles. The first-order chi connectivity index (χ1) is 12.9. The van der Waals surface area contributed by atoms with Crippen molar-refractivity contribution in [2.24, 2.45) is 11.5 Å². The number of carboxylic acids is 2. The number of amides is 4. The molecule has 0 aromatic rings. The van der Waals surface area contributed by atoms with Gasteiger partial charge in [0.05, 0.1) is 18.9 Å². The molecule has 0 aliphatic carbocycles.